The van der Waals surface area contributed by atoms with Crippen LogP contribution in [-0.2, 0) is 9.59 Å². The van der Waals surface area contributed by atoms with Gasteiger partial charge < -0.3 is 20.7 Å². The molecule has 1 aromatic carbocycles. The summed E-state index contributed by atoms with van der Waals surface area (Å²) in [5.41, 5.74) is 6.54. The van der Waals surface area contributed by atoms with E-state index in [1.165, 1.54) is 19.1 Å². The summed E-state index contributed by atoms with van der Waals surface area (Å²) in [5.74, 6) is -0.489. The van der Waals surface area contributed by atoms with Crippen LogP contribution in [0, 0.1) is 0 Å². The van der Waals surface area contributed by atoms with Crippen LogP contribution in [0.2, 0.25) is 0 Å². The second-order valence-electron chi connectivity index (χ2n) is 4.63. The molecule has 0 aliphatic carbocycles. The van der Waals surface area contributed by atoms with Gasteiger partial charge in [-0.3, -0.25) is 14.5 Å². The molecule has 3 N–H and O–H groups in total. The molecular weight excluding hydrogens is 276 g/mol. The minimum absolute atomic E-state index is 0.0166. The number of nitrogens with one attached hydrogen (secondary N) is 1. The lowest BCUT2D eigenvalue weighted by Crippen LogP contribution is -2.38. The average molecular weight is 292 g/mol. The minimum Gasteiger partial charge on any atom is -0.494 e. The monoisotopic (exact) mass is 292 g/mol. The smallest absolute Gasteiger partial charge is 0.327 e. The first-order valence-electron chi connectivity index (χ1n) is 6.21. The zero-order valence-electron chi connectivity index (χ0n) is 11.8. The Bertz CT molecular complexity index is 602. The van der Waals surface area contributed by atoms with Crippen molar-refractivity contribution >= 4 is 29.2 Å². The van der Waals surface area contributed by atoms with Gasteiger partial charge in [0, 0.05) is 18.8 Å². The number of nitrogens with two attached hydrogens (primary N) is 1. The van der Waals surface area contributed by atoms with E-state index in [1.807, 2.05) is 0 Å². The van der Waals surface area contributed by atoms with Crippen molar-refractivity contribution in [3.05, 3.63) is 18.2 Å². The Labute approximate surface area is 121 Å². The fraction of sp³-hybridized carbons (Fsp3) is 0.308. The molecule has 112 valence electrons. The number of rotatable bonds is 4. The molecule has 8 nitrogen and oxygen atoms in total. The third kappa shape index (κ3) is 3.04. The van der Waals surface area contributed by atoms with Gasteiger partial charge in [0.05, 0.1) is 12.8 Å². The predicted octanol–water partition coefficient (Wildman–Crippen LogP) is 0.110. The van der Waals surface area contributed by atoms with Gasteiger partial charge >= 0.3 is 6.03 Å². The SMILES string of the molecule is COc1cc(N)ccc1NC(=O)CN1C(=O)CN(C)C1=O. The fourth-order valence-corrected chi connectivity index (χ4v) is 1.97. The molecule has 1 fully saturated rings. The summed E-state index contributed by atoms with van der Waals surface area (Å²) in [6.45, 7) is -0.354. The number of ether oxygens (including phenoxy) is 1. The van der Waals surface area contributed by atoms with Gasteiger partial charge in [0.1, 0.15) is 18.8 Å². The molecule has 21 heavy (non-hydrogen) atoms. The highest BCUT2D eigenvalue weighted by Gasteiger charge is 2.34. The number of carbonyl (C=O) groups excluding carboxylic acids is 3. The van der Waals surface area contributed by atoms with E-state index in [0.717, 1.165) is 4.90 Å². The summed E-state index contributed by atoms with van der Waals surface area (Å²) in [4.78, 5) is 37.4. The van der Waals surface area contributed by atoms with Crippen LogP contribution in [0.1, 0.15) is 0 Å². The molecule has 1 aliphatic heterocycles. The number of methoxy groups -OCH3 is 1. The molecular formula is C13H16N4O4. The van der Waals surface area contributed by atoms with E-state index in [0.29, 0.717) is 17.1 Å². The summed E-state index contributed by atoms with van der Waals surface area (Å²) in [6, 6.07) is 4.28. The number of carbonyl (C=O) groups is 3. The molecule has 0 spiro atoms. The van der Waals surface area contributed by atoms with Crippen LogP contribution in [0.4, 0.5) is 16.2 Å². The van der Waals surface area contributed by atoms with E-state index in [2.05, 4.69) is 5.32 Å². The maximum Gasteiger partial charge on any atom is 0.327 e. The summed E-state index contributed by atoms with van der Waals surface area (Å²) < 4.78 is 5.11. The van der Waals surface area contributed by atoms with Crippen molar-refractivity contribution in [2.45, 2.75) is 0 Å². The maximum absolute atomic E-state index is 12.0. The van der Waals surface area contributed by atoms with Gasteiger partial charge in [-0.2, -0.15) is 0 Å². The number of urea groups is 1. The van der Waals surface area contributed by atoms with Gasteiger partial charge in [-0.15, -0.1) is 0 Å². The summed E-state index contributed by atoms with van der Waals surface area (Å²) in [5, 5.41) is 2.59. The first-order valence-corrected chi connectivity index (χ1v) is 6.21. The Morgan fingerprint density at radius 3 is 2.71 bits per heavy atom. The number of anilines is 2. The van der Waals surface area contributed by atoms with E-state index in [1.54, 1.807) is 18.2 Å². The number of hydrogen-bond acceptors (Lipinski definition) is 5. The molecule has 4 amide bonds. The molecule has 1 heterocycles. The zero-order chi connectivity index (χ0) is 15.6. The Kier molecular flexibility index (Phi) is 3.97. The van der Waals surface area contributed by atoms with Gasteiger partial charge in [0.2, 0.25) is 5.91 Å². The number of nitrogen functional groups attached to an aromatic ring is 1. The van der Waals surface area contributed by atoms with Crippen LogP contribution in [0.3, 0.4) is 0 Å². The molecule has 0 aromatic heterocycles. The highest BCUT2D eigenvalue weighted by Crippen LogP contribution is 2.26. The van der Waals surface area contributed by atoms with Crippen molar-refractivity contribution in [1.82, 2.24) is 9.80 Å². The summed E-state index contributed by atoms with van der Waals surface area (Å²) >= 11 is 0. The molecule has 1 aromatic rings. The first kappa shape index (κ1) is 14.6. The second-order valence-corrected chi connectivity index (χ2v) is 4.63. The fourth-order valence-electron chi connectivity index (χ4n) is 1.97. The van der Waals surface area contributed by atoms with Gasteiger partial charge in [-0.1, -0.05) is 0 Å². The third-order valence-corrected chi connectivity index (χ3v) is 3.03. The van der Waals surface area contributed by atoms with Crippen molar-refractivity contribution in [3.63, 3.8) is 0 Å². The van der Waals surface area contributed by atoms with Crippen LogP contribution >= 0.6 is 0 Å². The Morgan fingerprint density at radius 2 is 2.14 bits per heavy atom. The maximum atomic E-state index is 12.0. The van der Waals surface area contributed by atoms with Crippen molar-refractivity contribution < 1.29 is 19.1 Å². The van der Waals surface area contributed by atoms with Crippen LogP contribution in [0.5, 0.6) is 5.75 Å². The number of amides is 4. The van der Waals surface area contributed by atoms with Crippen LogP contribution < -0.4 is 15.8 Å². The number of likely N-dealkylation sites (N-methyl/N-ethyl adjacent to an activating group) is 1. The topological polar surface area (TPSA) is 105 Å². The lowest BCUT2D eigenvalue weighted by Gasteiger charge is -2.15. The van der Waals surface area contributed by atoms with E-state index in [9.17, 15) is 14.4 Å². The normalized spacial score (nSPS) is 14.6. The van der Waals surface area contributed by atoms with Gasteiger partial charge in [0.15, 0.2) is 0 Å². The van der Waals surface area contributed by atoms with E-state index in [-0.39, 0.29) is 13.1 Å². The molecule has 0 atom stereocenters. The molecule has 0 radical (unpaired) electrons. The standard InChI is InChI=1S/C13H16N4O4/c1-16-7-12(19)17(13(16)20)6-11(18)15-9-4-3-8(14)5-10(9)21-2/h3-5H,6-7,14H2,1-2H3,(H,15,18). The molecule has 1 aliphatic rings. The van der Waals surface area contributed by atoms with Crippen LogP contribution in [0.25, 0.3) is 0 Å². The third-order valence-electron chi connectivity index (χ3n) is 3.03. The molecule has 1 saturated heterocycles. The summed E-state index contributed by atoms with van der Waals surface area (Å²) in [6.07, 6.45) is 0. The van der Waals surface area contributed by atoms with Crippen molar-refractivity contribution in [3.8, 4) is 5.75 Å². The average Bonchev–Trinajstić information content (AvgIpc) is 2.67. The Balaban J connectivity index is 2.06. The molecule has 8 heteroatoms. The van der Waals surface area contributed by atoms with Gasteiger partial charge in [-0.05, 0) is 12.1 Å². The van der Waals surface area contributed by atoms with E-state index >= 15 is 0 Å². The lowest BCUT2D eigenvalue weighted by atomic mass is 10.2. The second kappa shape index (κ2) is 5.70. The highest BCUT2D eigenvalue weighted by molar-refractivity contribution is 6.06. The van der Waals surface area contributed by atoms with E-state index in [4.69, 9.17) is 10.5 Å². The molecule has 2 rings (SSSR count). The largest absolute Gasteiger partial charge is 0.494 e. The number of nitrogens with zero attached hydrogens (tertiary/aromatic N) is 2. The highest BCUT2D eigenvalue weighted by atomic mass is 16.5. The molecule has 0 saturated carbocycles. The molecule has 0 bridgehead atoms. The number of benzene rings is 1. The Morgan fingerprint density at radius 1 is 1.43 bits per heavy atom. The zero-order valence-corrected chi connectivity index (χ0v) is 11.8. The minimum atomic E-state index is -0.491. The van der Waals surface area contributed by atoms with Gasteiger partial charge in [-0.25, -0.2) is 4.79 Å². The van der Waals surface area contributed by atoms with Crippen molar-refractivity contribution in [2.24, 2.45) is 0 Å². The van der Waals surface area contributed by atoms with Crippen LogP contribution in [-0.4, -0.2) is 54.9 Å². The van der Waals surface area contributed by atoms with Gasteiger partial charge in [0.25, 0.3) is 5.91 Å². The van der Waals surface area contributed by atoms with E-state index < -0.39 is 17.8 Å². The number of hydrogen-bond donors (Lipinski definition) is 2. The first-order chi connectivity index (χ1) is 9.92. The van der Waals surface area contributed by atoms with Crippen molar-refractivity contribution in [1.29, 1.82) is 0 Å². The van der Waals surface area contributed by atoms with Crippen molar-refractivity contribution in [2.75, 3.05) is 38.3 Å². The summed E-state index contributed by atoms with van der Waals surface area (Å²) in [7, 11) is 2.95. The quantitative estimate of drug-likeness (QED) is 0.605. The van der Waals surface area contributed by atoms with Crippen LogP contribution in [0.15, 0.2) is 18.2 Å². The predicted molar refractivity (Wildman–Crippen MR) is 75.8 cm³/mol. The Hall–Kier alpha value is -2.77. The lowest BCUT2D eigenvalue weighted by molar-refractivity contribution is -0.129. The molecule has 0 unspecified atom stereocenters. The number of imide groups is 1.